The van der Waals surface area contributed by atoms with Crippen LogP contribution >= 0.6 is 0 Å². The van der Waals surface area contributed by atoms with Crippen molar-refractivity contribution in [2.75, 3.05) is 46.8 Å². The fourth-order valence-electron chi connectivity index (χ4n) is 6.18. The van der Waals surface area contributed by atoms with Gasteiger partial charge in [-0.25, -0.2) is 4.98 Å². The van der Waals surface area contributed by atoms with E-state index in [0.29, 0.717) is 18.0 Å². The van der Waals surface area contributed by atoms with Gasteiger partial charge in [0.25, 0.3) is 0 Å². The molecule has 1 N–H and O–H groups in total. The Morgan fingerprint density at radius 3 is 2.41 bits per heavy atom. The summed E-state index contributed by atoms with van der Waals surface area (Å²) in [7, 11) is 6.64. The van der Waals surface area contributed by atoms with Gasteiger partial charge in [-0.15, -0.1) is 0 Å². The standard InChI is InChI=1S/C31H37N3O5/c1-36-25-10-9-24-23(29(25)39-4)11-14-31(24,30(35)33-28-8-5-6-15-32-28)13-7-16-34-17-12-21-18-26(37-2)27(38-3)19-22(21)20-34/h5-6,8-10,15,18-19H,7,11-14,16-17,20H2,1-4H3,(H,32,33,35). The molecule has 2 aliphatic rings. The molecule has 8 nitrogen and oxygen atoms in total. The Balaban J connectivity index is 1.36. The van der Waals surface area contributed by atoms with E-state index in [1.165, 1.54) is 11.1 Å². The molecule has 0 fully saturated rings. The van der Waals surface area contributed by atoms with Gasteiger partial charge >= 0.3 is 0 Å². The van der Waals surface area contributed by atoms with Crippen LogP contribution in [0.2, 0.25) is 0 Å². The lowest BCUT2D eigenvalue weighted by Gasteiger charge is -2.32. The largest absolute Gasteiger partial charge is 0.493 e. The lowest BCUT2D eigenvalue weighted by molar-refractivity contribution is -0.122. The molecule has 0 radical (unpaired) electrons. The fraction of sp³-hybridized carbons (Fsp3) is 0.419. The van der Waals surface area contributed by atoms with Crippen LogP contribution in [-0.2, 0) is 29.6 Å². The first-order chi connectivity index (χ1) is 19.0. The monoisotopic (exact) mass is 531 g/mol. The molecule has 206 valence electrons. The smallest absolute Gasteiger partial charge is 0.236 e. The third kappa shape index (κ3) is 5.13. The minimum Gasteiger partial charge on any atom is -0.493 e. The lowest BCUT2D eigenvalue weighted by Crippen LogP contribution is -2.40. The van der Waals surface area contributed by atoms with Gasteiger partial charge in [-0.3, -0.25) is 9.69 Å². The number of hydrogen-bond donors (Lipinski definition) is 1. The first-order valence-corrected chi connectivity index (χ1v) is 13.5. The molecule has 5 rings (SSSR count). The second-order valence-corrected chi connectivity index (χ2v) is 10.2. The number of nitrogens with one attached hydrogen (secondary N) is 1. The van der Waals surface area contributed by atoms with Crippen LogP contribution in [0, 0.1) is 0 Å². The average Bonchev–Trinajstić information content (AvgIpc) is 3.36. The Labute approximate surface area is 230 Å². The molecule has 1 aliphatic heterocycles. The molecule has 2 heterocycles. The van der Waals surface area contributed by atoms with Crippen LogP contribution in [0.15, 0.2) is 48.7 Å². The predicted molar refractivity (Wildman–Crippen MR) is 150 cm³/mol. The zero-order chi connectivity index (χ0) is 27.4. The van der Waals surface area contributed by atoms with E-state index in [2.05, 4.69) is 27.3 Å². The quantitative estimate of drug-likeness (QED) is 0.403. The fourth-order valence-corrected chi connectivity index (χ4v) is 6.18. The number of carbonyl (C=O) groups is 1. The molecule has 1 unspecified atom stereocenters. The number of fused-ring (bicyclic) bond motifs is 2. The van der Waals surface area contributed by atoms with Crippen LogP contribution in [0.25, 0.3) is 0 Å². The summed E-state index contributed by atoms with van der Waals surface area (Å²) in [5.41, 5.74) is 3.98. The first kappa shape index (κ1) is 26.8. The molecular formula is C31H37N3O5. The van der Waals surface area contributed by atoms with Crippen LogP contribution < -0.4 is 24.3 Å². The molecule has 1 aromatic heterocycles. The summed E-state index contributed by atoms with van der Waals surface area (Å²) < 4.78 is 22.3. The van der Waals surface area contributed by atoms with E-state index in [1.54, 1.807) is 34.6 Å². The predicted octanol–water partition coefficient (Wildman–Crippen LogP) is 4.78. The molecule has 2 aromatic carbocycles. The maximum absolute atomic E-state index is 14.0. The maximum Gasteiger partial charge on any atom is 0.236 e. The van der Waals surface area contributed by atoms with Crippen LogP contribution in [0.5, 0.6) is 23.0 Å². The van der Waals surface area contributed by atoms with Crippen LogP contribution in [0.3, 0.4) is 0 Å². The molecule has 0 saturated heterocycles. The average molecular weight is 532 g/mol. The zero-order valence-corrected chi connectivity index (χ0v) is 23.2. The number of rotatable bonds is 10. The topological polar surface area (TPSA) is 82.2 Å². The number of aromatic nitrogens is 1. The zero-order valence-electron chi connectivity index (χ0n) is 23.2. The molecule has 1 aliphatic carbocycles. The van der Waals surface area contributed by atoms with Crippen molar-refractivity contribution in [1.29, 1.82) is 0 Å². The summed E-state index contributed by atoms with van der Waals surface area (Å²) in [5, 5.41) is 3.10. The molecular weight excluding hydrogens is 494 g/mol. The van der Waals surface area contributed by atoms with Gasteiger partial charge in [-0.1, -0.05) is 12.1 Å². The van der Waals surface area contributed by atoms with Gasteiger partial charge in [-0.05, 0) is 85.7 Å². The van der Waals surface area contributed by atoms with Gasteiger partial charge < -0.3 is 24.3 Å². The van der Waals surface area contributed by atoms with Crippen molar-refractivity contribution in [3.63, 3.8) is 0 Å². The van der Waals surface area contributed by atoms with E-state index < -0.39 is 5.41 Å². The Kier molecular flexibility index (Phi) is 7.93. The summed E-state index contributed by atoms with van der Waals surface area (Å²) in [6.07, 6.45) is 5.72. The number of carbonyl (C=O) groups excluding carboxylic acids is 1. The Morgan fingerprint density at radius 1 is 0.949 bits per heavy atom. The molecule has 0 bridgehead atoms. The van der Waals surface area contributed by atoms with Crippen molar-refractivity contribution < 1.29 is 23.7 Å². The summed E-state index contributed by atoms with van der Waals surface area (Å²) in [6.45, 7) is 2.72. The lowest BCUT2D eigenvalue weighted by atomic mass is 9.76. The van der Waals surface area contributed by atoms with Crippen LogP contribution in [-0.4, -0.2) is 57.3 Å². The number of pyridine rings is 1. The number of benzene rings is 2. The van der Waals surface area contributed by atoms with Gasteiger partial charge in [0.2, 0.25) is 5.91 Å². The normalized spacial score (nSPS) is 18.2. The van der Waals surface area contributed by atoms with Gasteiger partial charge in [0, 0.05) is 24.8 Å². The molecule has 0 saturated carbocycles. The van der Waals surface area contributed by atoms with E-state index in [9.17, 15) is 4.79 Å². The Hall–Kier alpha value is -3.78. The second-order valence-electron chi connectivity index (χ2n) is 10.2. The number of ether oxygens (including phenoxy) is 4. The van der Waals surface area contributed by atoms with Gasteiger partial charge in [0.1, 0.15) is 5.82 Å². The molecule has 1 atom stereocenters. The van der Waals surface area contributed by atoms with Gasteiger partial charge in [0.05, 0.1) is 33.9 Å². The highest BCUT2D eigenvalue weighted by Crippen LogP contribution is 2.49. The van der Waals surface area contributed by atoms with Crippen molar-refractivity contribution in [3.8, 4) is 23.0 Å². The maximum atomic E-state index is 14.0. The third-order valence-corrected chi connectivity index (χ3v) is 8.18. The minimum atomic E-state index is -0.670. The SMILES string of the molecule is COc1cc2c(cc1OC)CN(CCCC1(C(=O)Nc3ccccn3)CCc3c1ccc(OC)c3OC)CC2. The van der Waals surface area contributed by atoms with E-state index in [0.717, 1.165) is 73.7 Å². The third-order valence-electron chi connectivity index (χ3n) is 8.18. The number of nitrogens with zero attached hydrogens (tertiary/aromatic N) is 2. The van der Waals surface area contributed by atoms with Crippen molar-refractivity contribution >= 4 is 11.7 Å². The molecule has 1 amide bonds. The second kappa shape index (κ2) is 11.5. The van der Waals surface area contributed by atoms with E-state index in [1.807, 2.05) is 30.3 Å². The highest BCUT2D eigenvalue weighted by Gasteiger charge is 2.46. The van der Waals surface area contributed by atoms with Crippen molar-refractivity contribution in [1.82, 2.24) is 9.88 Å². The summed E-state index contributed by atoms with van der Waals surface area (Å²) in [6, 6.07) is 13.7. The Morgan fingerprint density at radius 2 is 1.72 bits per heavy atom. The first-order valence-electron chi connectivity index (χ1n) is 13.5. The molecule has 0 spiro atoms. The van der Waals surface area contributed by atoms with E-state index in [4.69, 9.17) is 18.9 Å². The van der Waals surface area contributed by atoms with Crippen LogP contribution in [0.1, 0.15) is 41.5 Å². The number of methoxy groups -OCH3 is 4. The van der Waals surface area contributed by atoms with Crippen LogP contribution in [0.4, 0.5) is 5.82 Å². The highest BCUT2D eigenvalue weighted by molar-refractivity contribution is 5.99. The summed E-state index contributed by atoms with van der Waals surface area (Å²) in [4.78, 5) is 20.8. The number of hydrogen-bond acceptors (Lipinski definition) is 7. The van der Waals surface area contributed by atoms with Crippen molar-refractivity contribution in [2.24, 2.45) is 0 Å². The van der Waals surface area contributed by atoms with E-state index in [-0.39, 0.29) is 5.91 Å². The molecule has 3 aromatic rings. The van der Waals surface area contributed by atoms with Gasteiger partial charge in [-0.2, -0.15) is 0 Å². The van der Waals surface area contributed by atoms with Gasteiger partial charge in [0.15, 0.2) is 23.0 Å². The molecule has 8 heteroatoms. The highest BCUT2D eigenvalue weighted by atomic mass is 16.5. The Bertz CT molecular complexity index is 1330. The van der Waals surface area contributed by atoms with Crippen molar-refractivity contribution in [3.05, 3.63) is 70.9 Å². The number of amides is 1. The summed E-state index contributed by atoms with van der Waals surface area (Å²) in [5.74, 6) is 3.49. The van der Waals surface area contributed by atoms with E-state index >= 15 is 0 Å². The van der Waals surface area contributed by atoms with Crippen molar-refractivity contribution in [2.45, 2.75) is 44.1 Å². The minimum absolute atomic E-state index is 0.0204. The number of anilines is 1. The molecule has 39 heavy (non-hydrogen) atoms. The summed E-state index contributed by atoms with van der Waals surface area (Å²) >= 11 is 0.